The molecule has 21 heavy (non-hydrogen) atoms. The van der Waals surface area contributed by atoms with Crippen molar-refractivity contribution in [3.05, 3.63) is 53.7 Å². The number of para-hydroxylation sites is 1. The number of aromatic nitrogens is 1. The van der Waals surface area contributed by atoms with Crippen LogP contribution in [0.4, 0.5) is 11.5 Å². The summed E-state index contributed by atoms with van der Waals surface area (Å²) in [6, 6.07) is 10.6. The van der Waals surface area contributed by atoms with E-state index in [-0.39, 0.29) is 5.91 Å². The second-order valence-electron chi connectivity index (χ2n) is 5.01. The Kier molecular flexibility index (Phi) is 4.55. The second kappa shape index (κ2) is 6.37. The van der Waals surface area contributed by atoms with Crippen molar-refractivity contribution >= 4 is 17.4 Å². The van der Waals surface area contributed by atoms with E-state index in [4.69, 9.17) is 0 Å². The number of nitrogens with one attached hydrogen (secondary N) is 1. The summed E-state index contributed by atoms with van der Waals surface area (Å²) in [6.45, 7) is 1.67. The molecule has 0 saturated heterocycles. The van der Waals surface area contributed by atoms with Crippen LogP contribution in [0.15, 0.2) is 42.6 Å². The Labute approximate surface area is 124 Å². The first-order valence-corrected chi connectivity index (χ1v) is 6.70. The van der Waals surface area contributed by atoms with Crippen LogP contribution in [0, 0.1) is 0 Å². The number of anilines is 2. The number of nitrogens with zero attached hydrogens (tertiary/aromatic N) is 2. The number of aliphatic hydroxyl groups excluding tert-OH is 1. The Morgan fingerprint density at radius 2 is 2.00 bits per heavy atom. The molecule has 110 valence electrons. The van der Waals surface area contributed by atoms with E-state index >= 15 is 0 Å². The first kappa shape index (κ1) is 15.0. The molecular formula is C16H19N3O2. The van der Waals surface area contributed by atoms with Gasteiger partial charge in [-0.1, -0.05) is 18.2 Å². The predicted molar refractivity (Wildman–Crippen MR) is 83.6 cm³/mol. The molecular weight excluding hydrogens is 266 g/mol. The molecule has 0 aliphatic heterocycles. The number of amides is 1. The van der Waals surface area contributed by atoms with Gasteiger partial charge in [-0.2, -0.15) is 0 Å². The van der Waals surface area contributed by atoms with Gasteiger partial charge in [0.25, 0.3) is 5.91 Å². The molecule has 0 aliphatic rings. The standard InChI is InChI=1S/C16H19N3O2/c1-11(20)13-6-4-5-7-14(13)18-16(21)12-8-9-17-15(10-12)19(2)3/h4-11,20H,1-3H3,(H,18,21). The number of benzene rings is 1. The van der Waals surface area contributed by atoms with Crippen LogP contribution < -0.4 is 10.2 Å². The van der Waals surface area contributed by atoms with Crippen LogP contribution in [0.5, 0.6) is 0 Å². The smallest absolute Gasteiger partial charge is 0.255 e. The van der Waals surface area contributed by atoms with Crippen LogP contribution in [0.2, 0.25) is 0 Å². The zero-order valence-corrected chi connectivity index (χ0v) is 12.4. The molecule has 0 bridgehead atoms. The summed E-state index contributed by atoms with van der Waals surface area (Å²) >= 11 is 0. The van der Waals surface area contributed by atoms with Crippen molar-refractivity contribution in [3.63, 3.8) is 0 Å². The quantitative estimate of drug-likeness (QED) is 0.905. The van der Waals surface area contributed by atoms with Gasteiger partial charge in [-0.25, -0.2) is 4.98 Å². The van der Waals surface area contributed by atoms with E-state index in [9.17, 15) is 9.90 Å². The van der Waals surface area contributed by atoms with Crippen molar-refractivity contribution < 1.29 is 9.90 Å². The summed E-state index contributed by atoms with van der Waals surface area (Å²) < 4.78 is 0. The van der Waals surface area contributed by atoms with E-state index in [0.717, 1.165) is 0 Å². The lowest BCUT2D eigenvalue weighted by atomic mass is 10.1. The highest BCUT2D eigenvalue weighted by Crippen LogP contribution is 2.23. The molecule has 1 amide bonds. The first-order chi connectivity index (χ1) is 9.99. The van der Waals surface area contributed by atoms with Gasteiger partial charge in [-0.3, -0.25) is 4.79 Å². The van der Waals surface area contributed by atoms with Crippen LogP contribution in [0.1, 0.15) is 28.9 Å². The van der Waals surface area contributed by atoms with Gasteiger partial charge in [-0.15, -0.1) is 0 Å². The van der Waals surface area contributed by atoms with E-state index in [1.54, 1.807) is 37.4 Å². The molecule has 0 fully saturated rings. The third-order valence-corrected chi connectivity index (χ3v) is 3.12. The fourth-order valence-corrected chi connectivity index (χ4v) is 1.97. The number of aliphatic hydroxyl groups is 1. The van der Waals surface area contributed by atoms with Crippen LogP contribution in [-0.2, 0) is 0 Å². The molecule has 1 unspecified atom stereocenters. The number of carbonyl (C=O) groups is 1. The van der Waals surface area contributed by atoms with Crippen molar-refractivity contribution in [2.45, 2.75) is 13.0 Å². The lowest BCUT2D eigenvalue weighted by Gasteiger charge is -2.14. The highest BCUT2D eigenvalue weighted by Gasteiger charge is 2.12. The van der Waals surface area contributed by atoms with Gasteiger partial charge in [0, 0.05) is 37.1 Å². The summed E-state index contributed by atoms with van der Waals surface area (Å²) in [5.74, 6) is 0.486. The van der Waals surface area contributed by atoms with E-state index in [1.165, 1.54) is 0 Å². The van der Waals surface area contributed by atoms with Gasteiger partial charge in [0.1, 0.15) is 5.82 Å². The average molecular weight is 285 g/mol. The normalized spacial score (nSPS) is 11.8. The minimum atomic E-state index is -0.642. The van der Waals surface area contributed by atoms with Gasteiger partial charge >= 0.3 is 0 Å². The topological polar surface area (TPSA) is 65.5 Å². The second-order valence-corrected chi connectivity index (χ2v) is 5.01. The largest absolute Gasteiger partial charge is 0.389 e. The van der Waals surface area contributed by atoms with Gasteiger partial charge in [-0.05, 0) is 25.1 Å². The number of hydrogen-bond acceptors (Lipinski definition) is 4. The highest BCUT2D eigenvalue weighted by atomic mass is 16.3. The third-order valence-electron chi connectivity index (χ3n) is 3.12. The molecule has 1 aromatic carbocycles. The SMILES string of the molecule is CC(O)c1ccccc1NC(=O)c1ccnc(N(C)C)c1. The molecule has 1 aromatic heterocycles. The van der Waals surface area contributed by atoms with E-state index in [1.807, 2.05) is 31.1 Å². The van der Waals surface area contributed by atoms with Crippen molar-refractivity contribution in [1.82, 2.24) is 4.98 Å². The summed E-state index contributed by atoms with van der Waals surface area (Å²) in [6.07, 6.45) is 0.960. The molecule has 2 aromatic rings. The summed E-state index contributed by atoms with van der Waals surface area (Å²) in [4.78, 5) is 18.3. The number of rotatable bonds is 4. The maximum Gasteiger partial charge on any atom is 0.255 e. The molecule has 0 saturated carbocycles. The van der Waals surface area contributed by atoms with E-state index in [2.05, 4.69) is 10.3 Å². The highest BCUT2D eigenvalue weighted by molar-refractivity contribution is 6.05. The van der Waals surface area contributed by atoms with Crippen molar-refractivity contribution in [2.24, 2.45) is 0 Å². The molecule has 2 N–H and O–H groups in total. The fourth-order valence-electron chi connectivity index (χ4n) is 1.97. The summed E-state index contributed by atoms with van der Waals surface area (Å²) in [5, 5.41) is 12.6. The average Bonchev–Trinajstić information content (AvgIpc) is 2.47. The zero-order valence-electron chi connectivity index (χ0n) is 12.4. The van der Waals surface area contributed by atoms with Crippen LogP contribution >= 0.6 is 0 Å². The molecule has 5 nitrogen and oxygen atoms in total. The number of hydrogen-bond donors (Lipinski definition) is 2. The zero-order chi connectivity index (χ0) is 15.4. The number of carbonyl (C=O) groups excluding carboxylic acids is 1. The predicted octanol–water partition coefficient (Wildman–Crippen LogP) is 2.45. The lowest BCUT2D eigenvalue weighted by Crippen LogP contribution is -2.16. The van der Waals surface area contributed by atoms with Gasteiger partial charge in [0.05, 0.1) is 6.10 Å². The monoisotopic (exact) mass is 285 g/mol. The van der Waals surface area contributed by atoms with Gasteiger partial charge in [0.2, 0.25) is 0 Å². The minimum absolute atomic E-state index is 0.228. The van der Waals surface area contributed by atoms with Gasteiger partial charge in [0.15, 0.2) is 0 Å². The van der Waals surface area contributed by atoms with E-state index in [0.29, 0.717) is 22.6 Å². The molecule has 0 spiro atoms. The first-order valence-electron chi connectivity index (χ1n) is 6.70. The molecule has 1 atom stereocenters. The fraction of sp³-hybridized carbons (Fsp3) is 0.250. The van der Waals surface area contributed by atoms with Crippen molar-refractivity contribution in [3.8, 4) is 0 Å². The van der Waals surface area contributed by atoms with Crippen LogP contribution in [0.3, 0.4) is 0 Å². The number of pyridine rings is 1. The third kappa shape index (κ3) is 3.58. The van der Waals surface area contributed by atoms with Crippen LogP contribution in [0.25, 0.3) is 0 Å². The molecule has 1 heterocycles. The molecule has 0 aliphatic carbocycles. The van der Waals surface area contributed by atoms with E-state index < -0.39 is 6.10 Å². The maximum atomic E-state index is 12.3. The van der Waals surface area contributed by atoms with Crippen LogP contribution in [-0.4, -0.2) is 30.1 Å². The Bertz CT molecular complexity index is 639. The van der Waals surface area contributed by atoms with Crippen molar-refractivity contribution in [2.75, 3.05) is 24.3 Å². The molecule has 0 radical (unpaired) electrons. The lowest BCUT2D eigenvalue weighted by molar-refractivity contribution is 0.102. The Hall–Kier alpha value is -2.40. The minimum Gasteiger partial charge on any atom is -0.389 e. The Balaban J connectivity index is 2.24. The maximum absolute atomic E-state index is 12.3. The summed E-state index contributed by atoms with van der Waals surface area (Å²) in [7, 11) is 3.74. The summed E-state index contributed by atoms with van der Waals surface area (Å²) in [5.41, 5.74) is 1.82. The Morgan fingerprint density at radius 1 is 1.29 bits per heavy atom. The van der Waals surface area contributed by atoms with Gasteiger partial charge < -0.3 is 15.3 Å². The Morgan fingerprint density at radius 3 is 2.67 bits per heavy atom. The molecule has 2 rings (SSSR count). The molecule has 5 heteroatoms. The van der Waals surface area contributed by atoms with Crippen molar-refractivity contribution in [1.29, 1.82) is 0 Å².